The van der Waals surface area contributed by atoms with Crippen LogP contribution in [0.4, 0.5) is 0 Å². The van der Waals surface area contributed by atoms with Crippen molar-refractivity contribution in [1.82, 2.24) is 0 Å². The van der Waals surface area contributed by atoms with E-state index in [4.69, 9.17) is 4.42 Å². The zero-order chi connectivity index (χ0) is 15.7. The standard InChI is InChI=1S/C18H23NO3/c1-12-10-17(21)22-18-14(12)8-9-16(20)15(18)11-19(2)13-6-4-3-5-7-13/h8-10,13,20H,3-7,11H2,1-2H3/p+1. The average Bonchev–Trinajstić information content (AvgIpc) is 2.50. The number of rotatable bonds is 3. The van der Waals surface area contributed by atoms with Crippen molar-refractivity contribution >= 4 is 11.0 Å². The zero-order valence-corrected chi connectivity index (χ0v) is 13.3. The van der Waals surface area contributed by atoms with Gasteiger partial charge in [0.15, 0.2) is 5.58 Å². The molecule has 118 valence electrons. The Morgan fingerprint density at radius 1 is 1.27 bits per heavy atom. The van der Waals surface area contributed by atoms with Gasteiger partial charge in [0.2, 0.25) is 0 Å². The molecule has 0 spiro atoms. The van der Waals surface area contributed by atoms with Crippen LogP contribution in [0.2, 0.25) is 0 Å². The first kappa shape index (κ1) is 15.1. The molecule has 1 fully saturated rings. The number of hydrogen-bond acceptors (Lipinski definition) is 3. The first-order valence-electron chi connectivity index (χ1n) is 8.14. The lowest BCUT2D eigenvalue weighted by molar-refractivity contribution is -0.921. The van der Waals surface area contributed by atoms with Crippen LogP contribution in [0.15, 0.2) is 27.4 Å². The normalized spacial score (nSPS) is 17.7. The van der Waals surface area contributed by atoms with Crippen LogP contribution < -0.4 is 10.5 Å². The van der Waals surface area contributed by atoms with E-state index in [0.717, 1.165) is 16.5 Å². The molecule has 4 heteroatoms. The van der Waals surface area contributed by atoms with E-state index >= 15 is 0 Å². The van der Waals surface area contributed by atoms with Gasteiger partial charge in [-0.2, -0.15) is 0 Å². The molecule has 0 saturated heterocycles. The number of aromatic hydroxyl groups is 1. The van der Waals surface area contributed by atoms with Crippen LogP contribution >= 0.6 is 0 Å². The number of hydrogen-bond donors (Lipinski definition) is 2. The third kappa shape index (κ3) is 2.88. The van der Waals surface area contributed by atoms with E-state index in [9.17, 15) is 9.90 Å². The summed E-state index contributed by atoms with van der Waals surface area (Å²) >= 11 is 0. The Balaban J connectivity index is 1.98. The molecule has 1 saturated carbocycles. The Bertz CT molecular complexity index is 729. The highest BCUT2D eigenvalue weighted by molar-refractivity contribution is 5.84. The van der Waals surface area contributed by atoms with E-state index in [-0.39, 0.29) is 11.4 Å². The fraction of sp³-hybridized carbons (Fsp3) is 0.500. The molecule has 1 aromatic heterocycles. The number of phenolic OH excluding ortho intramolecular Hbond substituents is 1. The quantitative estimate of drug-likeness (QED) is 0.854. The predicted molar refractivity (Wildman–Crippen MR) is 86.3 cm³/mol. The van der Waals surface area contributed by atoms with Crippen molar-refractivity contribution < 1.29 is 14.4 Å². The summed E-state index contributed by atoms with van der Waals surface area (Å²) in [5.41, 5.74) is 1.83. The molecule has 0 bridgehead atoms. The van der Waals surface area contributed by atoms with Gasteiger partial charge < -0.3 is 14.4 Å². The Kier molecular flexibility index (Phi) is 4.21. The topological polar surface area (TPSA) is 54.9 Å². The Hall–Kier alpha value is -1.81. The summed E-state index contributed by atoms with van der Waals surface area (Å²) < 4.78 is 5.41. The number of nitrogens with one attached hydrogen (secondary N) is 1. The van der Waals surface area contributed by atoms with E-state index in [0.29, 0.717) is 18.2 Å². The van der Waals surface area contributed by atoms with Gasteiger partial charge in [-0.05, 0) is 50.3 Å². The molecule has 2 aromatic rings. The lowest BCUT2D eigenvalue weighted by Gasteiger charge is -2.28. The van der Waals surface area contributed by atoms with Crippen molar-refractivity contribution in [2.24, 2.45) is 0 Å². The minimum atomic E-state index is -0.354. The monoisotopic (exact) mass is 302 g/mol. The summed E-state index contributed by atoms with van der Waals surface area (Å²) in [6, 6.07) is 5.65. The summed E-state index contributed by atoms with van der Waals surface area (Å²) in [7, 11) is 2.17. The van der Waals surface area contributed by atoms with Gasteiger partial charge in [-0.15, -0.1) is 0 Å². The minimum Gasteiger partial charge on any atom is -0.507 e. The summed E-state index contributed by atoms with van der Waals surface area (Å²) in [6.45, 7) is 2.58. The molecule has 0 radical (unpaired) electrons. The van der Waals surface area contributed by atoms with E-state index in [1.165, 1.54) is 43.1 Å². The maximum atomic E-state index is 11.7. The molecule has 1 heterocycles. The fourth-order valence-electron chi connectivity index (χ4n) is 3.62. The van der Waals surface area contributed by atoms with Gasteiger partial charge in [0, 0.05) is 11.5 Å². The smallest absolute Gasteiger partial charge is 0.336 e. The van der Waals surface area contributed by atoms with Crippen molar-refractivity contribution in [3.05, 3.63) is 39.7 Å². The van der Waals surface area contributed by atoms with Crippen LogP contribution in [0, 0.1) is 6.92 Å². The molecule has 1 aliphatic rings. The Labute approximate surface area is 130 Å². The van der Waals surface area contributed by atoms with Gasteiger partial charge in [-0.3, -0.25) is 0 Å². The van der Waals surface area contributed by atoms with Crippen LogP contribution in [0.25, 0.3) is 11.0 Å². The number of phenols is 1. The van der Waals surface area contributed by atoms with Crippen molar-refractivity contribution in [2.45, 2.75) is 51.6 Å². The number of benzene rings is 1. The largest absolute Gasteiger partial charge is 0.507 e. The van der Waals surface area contributed by atoms with Crippen LogP contribution in [0.1, 0.15) is 43.2 Å². The number of fused-ring (bicyclic) bond motifs is 1. The minimum absolute atomic E-state index is 0.219. The highest BCUT2D eigenvalue weighted by Gasteiger charge is 2.24. The molecule has 3 rings (SSSR count). The van der Waals surface area contributed by atoms with Gasteiger partial charge in [-0.1, -0.05) is 6.42 Å². The van der Waals surface area contributed by atoms with Crippen molar-refractivity contribution in [1.29, 1.82) is 0 Å². The maximum absolute atomic E-state index is 11.7. The Morgan fingerprint density at radius 2 is 2.00 bits per heavy atom. The van der Waals surface area contributed by atoms with Crippen molar-refractivity contribution in [2.75, 3.05) is 7.05 Å². The average molecular weight is 302 g/mol. The first-order chi connectivity index (χ1) is 10.6. The highest BCUT2D eigenvalue weighted by atomic mass is 16.4. The molecule has 1 unspecified atom stereocenters. The second kappa shape index (κ2) is 6.13. The molecule has 0 amide bonds. The zero-order valence-electron chi connectivity index (χ0n) is 13.3. The molecule has 22 heavy (non-hydrogen) atoms. The molecule has 1 aliphatic carbocycles. The summed E-state index contributed by atoms with van der Waals surface area (Å²) in [5, 5.41) is 11.2. The van der Waals surface area contributed by atoms with Gasteiger partial charge in [0.25, 0.3) is 0 Å². The molecule has 4 nitrogen and oxygen atoms in total. The fourth-order valence-corrected chi connectivity index (χ4v) is 3.62. The third-order valence-corrected chi connectivity index (χ3v) is 4.96. The second-order valence-corrected chi connectivity index (χ2v) is 6.55. The van der Waals surface area contributed by atoms with Crippen molar-refractivity contribution in [3.8, 4) is 5.75 Å². The predicted octanol–water partition coefficient (Wildman–Crippen LogP) is 2.15. The summed E-state index contributed by atoms with van der Waals surface area (Å²) in [6.07, 6.45) is 6.38. The van der Waals surface area contributed by atoms with Gasteiger partial charge in [0.1, 0.15) is 12.3 Å². The van der Waals surface area contributed by atoms with Gasteiger partial charge in [0.05, 0.1) is 18.7 Å². The SMILES string of the molecule is Cc1cc(=O)oc2c(C[NH+](C)C3CCCCC3)c(O)ccc12. The van der Waals surface area contributed by atoms with E-state index in [1.807, 2.05) is 13.0 Å². The maximum Gasteiger partial charge on any atom is 0.336 e. The number of quaternary nitrogens is 1. The van der Waals surface area contributed by atoms with E-state index < -0.39 is 0 Å². The third-order valence-electron chi connectivity index (χ3n) is 4.96. The second-order valence-electron chi connectivity index (χ2n) is 6.55. The molecule has 2 N–H and O–H groups in total. The number of aryl methyl sites for hydroxylation is 1. The van der Waals surface area contributed by atoms with Crippen LogP contribution in [-0.4, -0.2) is 18.2 Å². The van der Waals surface area contributed by atoms with Crippen molar-refractivity contribution in [3.63, 3.8) is 0 Å². The molecular weight excluding hydrogens is 278 g/mol. The molecular formula is C18H24NO3+. The summed E-state index contributed by atoms with van der Waals surface area (Å²) in [5.74, 6) is 0.219. The van der Waals surface area contributed by atoms with Crippen LogP contribution in [-0.2, 0) is 6.54 Å². The van der Waals surface area contributed by atoms with Gasteiger partial charge in [-0.25, -0.2) is 4.79 Å². The molecule has 1 aromatic carbocycles. The lowest BCUT2D eigenvalue weighted by Crippen LogP contribution is -3.11. The summed E-state index contributed by atoms with van der Waals surface area (Å²) in [4.78, 5) is 13.1. The highest BCUT2D eigenvalue weighted by Crippen LogP contribution is 2.27. The van der Waals surface area contributed by atoms with Crippen LogP contribution in [0.3, 0.4) is 0 Å². The molecule has 1 atom stereocenters. The molecule has 0 aliphatic heterocycles. The van der Waals surface area contributed by atoms with E-state index in [1.54, 1.807) is 6.07 Å². The lowest BCUT2D eigenvalue weighted by atomic mass is 9.94. The Morgan fingerprint density at radius 3 is 2.73 bits per heavy atom. The van der Waals surface area contributed by atoms with Gasteiger partial charge >= 0.3 is 5.63 Å². The van der Waals surface area contributed by atoms with Crippen LogP contribution in [0.5, 0.6) is 5.75 Å². The van der Waals surface area contributed by atoms with E-state index in [2.05, 4.69) is 7.05 Å². The first-order valence-corrected chi connectivity index (χ1v) is 8.14.